The molecule has 0 amide bonds. The summed E-state index contributed by atoms with van der Waals surface area (Å²) in [5.74, 6) is 0. The SMILES string of the molecule is COC1(C)CC(OC(C)C)OC(C)C1N. The highest BCUT2D eigenvalue weighted by Crippen LogP contribution is 2.31. The van der Waals surface area contributed by atoms with Crippen molar-refractivity contribution in [3.63, 3.8) is 0 Å². The Balaban J connectivity index is 2.67. The maximum absolute atomic E-state index is 6.05. The second-order valence-electron chi connectivity index (χ2n) is 4.70. The molecule has 1 fully saturated rings. The van der Waals surface area contributed by atoms with Crippen molar-refractivity contribution in [1.29, 1.82) is 0 Å². The predicted octanol–water partition coefficient (Wildman–Crippen LogP) is 1.28. The molecule has 1 saturated heterocycles. The van der Waals surface area contributed by atoms with Gasteiger partial charge in [0.05, 0.1) is 23.9 Å². The monoisotopic (exact) mass is 217 g/mol. The third-order valence-electron chi connectivity index (χ3n) is 3.04. The lowest BCUT2D eigenvalue weighted by Gasteiger charge is -2.45. The molecular weight excluding hydrogens is 194 g/mol. The Hall–Kier alpha value is -0.160. The second-order valence-corrected chi connectivity index (χ2v) is 4.70. The highest BCUT2D eigenvalue weighted by Gasteiger charge is 2.44. The molecular formula is C11H23NO3. The van der Waals surface area contributed by atoms with Gasteiger partial charge < -0.3 is 19.9 Å². The van der Waals surface area contributed by atoms with E-state index < -0.39 is 0 Å². The Kier molecular flexibility index (Phi) is 4.12. The van der Waals surface area contributed by atoms with Crippen molar-refractivity contribution < 1.29 is 14.2 Å². The van der Waals surface area contributed by atoms with E-state index in [1.807, 2.05) is 27.7 Å². The van der Waals surface area contributed by atoms with Crippen molar-refractivity contribution in [3.05, 3.63) is 0 Å². The van der Waals surface area contributed by atoms with Crippen LogP contribution in [-0.4, -0.2) is 37.3 Å². The van der Waals surface area contributed by atoms with Gasteiger partial charge in [0, 0.05) is 13.5 Å². The van der Waals surface area contributed by atoms with Crippen LogP contribution in [0.4, 0.5) is 0 Å². The number of ether oxygens (including phenoxy) is 3. The fraction of sp³-hybridized carbons (Fsp3) is 1.00. The average Bonchev–Trinajstić information content (AvgIpc) is 2.13. The number of hydrogen-bond acceptors (Lipinski definition) is 4. The zero-order valence-electron chi connectivity index (χ0n) is 10.3. The van der Waals surface area contributed by atoms with Crippen LogP contribution in [0.2, 0.25) is 0 Å². The molecule has 1 aliphatic heterocycles. The standard InChI is InChI=1S/C11H23NO3/c1-7(2)14-9-6-11(4,13-5)10(12)8(3)15-9/h7-10H,6,12H2,1-5H3. The molecule has 4 nitrogen and oxygen atoms in total. The molecule has 0 aromatic heterocycles. The van der Waals surface area contributed by atoms with E-state index in [4.69, 9.17) is 19.9 Å². The summed E-state index contributed by atoms with van der Waals surface area (Å²) in [6, 6.07) is -0.116. The summed E-state index contributed by atoms with van der Waals surface area (Å²) in [6.45, 7) is 7.95. The van der Waals surface area contributed by atoms with Crippen LogP contribution in [0, 0.1) is 0 Å². The van der Waals surface area contributed by atoms with Crippen molar-refractivity contribution in [1.82, 2.24) is 0 Å². The molecule has 0 saturated carbocycles. The zero-order chi connectivity index (χ0) is 11.6. The van der Waals surface area contributed by atoms with Gasteiger partial charge in [-0.25, -0.2) is 0 Å². The molecule has 4 atom stereocenters. The fourth-order valence-corrected chi connectivity index (χ4v) is 1.94. The van der Waals surface area contributed by atoms with Gasteiger partial charge in [0.1, 0.15) is 0 Å². The number of rotatable bonds is 3. The minimum absolute atomic E-state index is 0.0487. The van der Waals surface area contributed by atoms with Gasteiger partial charge in [-0.15, -0.1) is 0 Å². The topological polar surface area (TPSA) is 53.7 Å². The van der Waals surface area contributed by atoms with E-state index in [2.05, 4.69) is 0 Å². The first-order chi connectivity index (χ1) is 6.89. The fourth-order valence-electron chi connectivity index (χ4n) is 1.94. The molecule has 1 heterocycles. The van der Waals surface area contributed by atoms with Crippen LogP contribution < -0.4 is 5.73 Å². The molecule has 0 aromatic carbocycles. The lowest BCUT2D eigenvalue weighted by atomic mass is 9.87. The van der Waals surface area contributed by atoms with Crippen molar-refractivity contribution >= 4 is 0 Å². The van der Waals surface area contributed by atoms with Gasteiger partial charge in [0.2, 0.25) is 0 Å². The zero-order valence-corrected chi connectivity index (χ0v) is 10.3. The molecule has 4 heteroatoms. The third kappa shape index (κ3) is 2.91. The van der Waals surface area contributed by atoms with Gasteiger partial charge in [-0.1, -0.05) is 0 Å². The van der Waals surface area contributed by atoms with Crippen molar-refractivity contribution in [2.24, 2.45) is 5.73 Å². The van der Waals surface area contributed by atoms with Gasteiger partial charge in [-0.2, -0.15) is 0 Å². The first-order valence-corrected chi connectivity index (χ1v) is 5.50. The summed E-state index contributed by atoms with van der Waals surface area (Å²) in [4.78, 5) is 0. The quantitative estimate of drug-likeness (QED) is 0.773. The van der Waals surface area contributed by atoms with Crippen LogP contribution in [0.25, 0.3) is 0 Å². The average molecular weight is 217 g/mol. The van der Waals surface area contributed by atoms with E-state index in [0.29, 0.717) is 6.42 Å². The van der Waals surface area contributed by atoms with Crippen molar-refractivity contribution in [2.75, 3.05) is 7.11 Å². The van der Waals surface area contributed by atoms with Crippen LogP contribution in [-0.2, 0) is 14.2 Å². The maximum atomic E-state index is 6.05. The number of methoxy groups -OCH3 is 1. The Bertz CT molecular complexity index is 210. The normalized spacial score (nSPS) is 42.2. The first kappa shape index (κ1) is 12.9. The summed E-state index contributed by atoms with van der Waals surface area (Å²) < 4.78 is 16.8. The van der Waals surface area contributed by atoms with E-state index in [1.165, 1.54) is 0 Å². The van der Waals surface area contributed by atoms with Gasteiger partial charge >= 0.3 is 0 Å². The van der Waals surface area contributed by atoms with E-state index >= 15 is 0 Å². The van der Waals surface area contributed by atoms with Gasteiger partial charge in [0.15, 0.2) is 6.29 Å². The van der Waals surface area contributed by atoms with Crippen LogP contribution in [0.1, 0.15) is 34.1 Å². The molecule has 15 heavy (non-hydrogen) atoms. The lowest BCUT2D eigenvalue weighted by molar-refractivity contribution is -0.254. The van der Waals surface area contributed by atoms with Gasteiger partial charge in [-0.05, 0) is 27.7 Å². The van der Waals surface area contributed by atoms with Crippen molar-refractivity contribution in [3.8, 4) is 0 Å². The van der Waals surface area contributed by atoms with Crippen LogP contribution in [0.3, 0.4) is 0 Å². The molecule has 1 aliphatic rings. The molecule has 0 spiro atoms. The molecule has 0 aromatic rings. The summed E-state index contributed by atoms with van der Waals surface area (Å²) in [7, 11) is 1.68. The molecule has 90 valence electrons. The number of nitrogens with two attached hydrogens (primary N) is 1. The van der Waals surface area contributed by atoms with Crippen LogP contribution in [0.15, 0.2) is 0 Å². The summed E-state index contributed by atoms with van der Waals surface area (Å²) in [5.41, 5.74) is 5.69. The van der Waals surface area contributed by atoms with Gasteiger partial charge in [0.25, 0.3) is 0 Å². The third-order valence-corrected chi connectivity index (χ3v) is 3.04. The Morgan fingerprint density at radius 2 is 2.07 bits per heavy atom. The first-order valence-electron chi connectivity index (χ1n) is 5.50. The molecule has 0 bridgehead atoms. The Morgan fingerprint density at radius 1 is 1.47 bits per heavy atom. The van der Waals surface area contributed by atoms with Crippen LogP contribution >= 0.6 is 0 Å². The van der Waals surface area contributed by atoms with Crippen LogP contribution in [0.5, 0.6) is 0 Å². The number of hydrogen-bond donors (Lipinski definition) is 1. The van der Waals surface area contributed by atoms with E-state index in [1.54, 1.807) is 7.11 Å². The molecule has 0 aliphatic carbocycles. The van der Waals surface area contributed by atoms with E-state index in [-0.39, 0.29) is 30.1 Å². The maximum Gasteiger partial charge on any atom is 0.161 e. The highest BCUT2D eigenvalue weighted by atomic mass is 16.7. The summed E-state index contributed by atoms with van der Waals surface area (Å²) >= 11 is 0. The summed E-state index contributed by atoms with van der Waals surface area (Å²) in [5, 5.41) is 0. The minimum atomic E-state index is -0.364. The molecule has 0 radical (unpaired) electrons. The lowest BCUT2D eigenvalue weighted by Crippen LogP contribution is -2.60. The second kappa shape index (κ2) is 4.78. The molecule has 2 N–H and O–H groups in total. The smallest absolute Gasteiger partial charge is 0.161 e. The Morgan fingerprint density at radius 3 is 2.53 bits per heavy atom. The highest BCUT2D eigenvalue weighted by molar-refractivity contribution is 4.95. The van der Waals surface area contributed by atoms with Crippen molar-refractivity contribution in [2.45, 2.75) is 64.3 Å². The Labute approximate surface area is 92.1 Å². The van der Waals surface area contributed by atoms with E-state index in [9.17, 15) is 0 Å². The van der Waals surface area contributed by atoms with E-state index in [0.717, 1.165) is 0 Å². The minimum Gasteiger partial charge on any atom is -0.377 e. The van der Waals surface area contributed by atoms with Gasteiger partial charge in [-0.3, -0.25) is 0 Å². The molecule has 4 unspecified atom stereocenters. The summed E-state index contributed by atoms with van der Waals surface area (Å²) in [6.07, 6.45) is 0.558. The molecule has 1 rings (SSSR count). The predicted molar refractivity (Wildman–Crippen MR) is 58.6 cm³/mol. The largest absolute Gasteiger partial charge is 0.377 e.